The van der Waals surface area contributed by atoms with Crippen LogP contribution in [0.4, 0.5) is 5.69 Å². The lowest BCUT2D eigenvalue weighted by Gasteiger charge is -2.26. The zero-order chi connectivity index (χ0) is 15.2. The smallest absolute Gasteiger partial charge is 0.251 e. The molecule has 0 aliphatic carbocycles. The van der Waals surface area contributed by atoms with Crippen molar-refractivity contribution in [3.05, 3.63) is 27.7 Å². The summed E-state index contributed by atoms with van der Waals surface area (Å²) in [4.78, 5) is 14.3. The van der Waals surface area contributed by atoms with Crippen LogP contribution < -0.4 is 11.1 Å². The number of amides is 1. The molecule has 21 heavy (non-hydrogen) atoms. The zero-order valence-corrected chi connectivity index (χ0v) is 13.2. The average molecular weight is 332 g/mol. The molecule has 0 saturated carbocycles. The Hall–Kier alpha value is -1.01. The molecule has 1 aromatic rings. The highest BCUT2D eigenvalue weighted by molar-refractivity contribution is 6.43. The number of carbonyl (C=O) groups excluding carboxylic acids is 1. The van der Waals surface area contributed by atoms with Crippen LogP contribution in [0.15, 0.2) is 12.1 Å². The minimum Gasteiger partial charge on any atom is -0.397 e. The van der Waals surface area contributed by atoms with Gasteiger partial charge in [0, 0.05) is 25.2 Å². The maximum atomic E-state index is 12.0. The molecular formula is C14H19Cl2N3O2. The molecule has 1 amide bonds. The first kappa shape index (κ1) is 16.4. The second-order valence-corrected chi connectivity index (χ2v) is 5.71. The quantitative estimate of drug-likeness (QED) is 0.640. The lowest BCUT2D eigenvalue weighted by Crippen LogP contribution is -2.38. The number of nitrogens with two attached hydrogens (primary N) is 1. The molecule has 0 atom stereocenters. The predicted molar refractivity (Wildman–Crippen MR) is 85.1 cm³/mol. The Morgan fingerprint density at radius 2 is 2.05 bits per heavy atom. The minimum absolute atomic E-state index is 0.192. The fourth-order valence-corrected chi connectivity index (χ4v) is 2.51. The Morgan fingerprint density at radius 3 is 2.71 bits per heavy atom. The normalized spacial score (nSPS) is 15.9. The highest BCUT2D eigenvalue weighted by Crippen LogP contribution is 2.29. The molecule has 0 bridgehead atoms. The summed E-state index contributed by atoms with van der Waals surface area (Å²) in [6.07, 6.45) is 0.891. The Bertz CT molecular complexity index is 482. The topological polar surface area (TPSA) is 67.6 Å². The lowest BCUT2D eigenvalue weighted by atomic mass is 10.2. The molecular weight excluding hydrogens is 313 g/mol. The molecule has 1 aliphatic heterocycles. The number of morpholine rings is 1. The van der Waals surface area contributed by atoms with Crippen molar-refractivity contribution in [3.8, 4) is 0 Å². The molecule has 0 radical (unpaired) electrons. The van der Waals surface area contributed by atoms with Crippen molar-refractivity contribution >= 4 is 34.8 Å². The summed E-state index contributed by atoms with van der Waals surface area (Å²) in [6.45, 7) is 5.04. The fourth-order valence-electron chi connectivity index (χ4n) is 2.17. The number of hydrogen-bond donors (Lipinski definition) is 2. The summed E-state index contributed by atoms with van der Waals surface area (Å²) in [5.41, 5.74) is 6.43. The standard InChI is InChI=1S/C14H19Cl2N3O2/c15-11-8-10(9-12(17)13(11)16)14(20)18-2-1-3-19-4-6-21-7-5-19/h8-9H,1-7,17H2,(H,18,20). The SMILES string of the molecule is Nc1cc(C(=O)NCCCN2CCOCC2)cc(Cl)c1Cl. The van der Waals surface area contributed by atoms with Crippen LogP contribution in [0.5, 0.6) is 0 Å². The van der Waals surface area contributed by atoms with Crippen molar-refractivity contribution in [2.24, 2.45) is 0 Å². The summed E-state index contributed by atoms with van der Waals surface area (Å²) >= 11 is 11.8. The number of hydrogen-bond acceptors (Lipinski definition) is 4. The third-order valence-corrected chi connectivity index (χ3v) is 4.18. The van der Waals surface area contributed by atoms with Crippen molar-refractivity contribution in [3.63, 3.8) is 0 Å². The molecule has 1 fully saturated rings. The maximum Gasteiger partial charge on any atom is 0.251 e. The maximum absolute atomic E-state index is 12.0. The van der Waals surface area contributed by atoms with Gasteiger partial charge in [0.2, 0.25) is 0 Å². The second-order valence-electron chi connectivity index (χ2n) is 4.92. The fraction of sp³-hybridized carbons (Fsp3) is 0.500. The first-order valence-electron chi connectivity index (χ1n) is 6.91. The van der Waals surface area contributed by atoms with E-state index in [1.165, 1.54) is 12.1 Å². The van der Waals surface area contributed by atoms with Crippen LogP contribution in [0.3, 0.4) is 0 Å². The van der Waals surface area contributed by atoms with Crippen molar-refractivity contribution in [2.45, 2.75) is 6.42 Å². The molecule has 7 heteroatoms. The molecule has 1 aromatic carbocycles. The van der Waals surface area contributed by atoms with Crippen LogP contribution in [0, 0.1) is 0 Å². The molecule has 5 nitrogen and oxygen atoms in total. The van der Waals surface area contributed by atoms with E-state index in [0.29, 0.717) is 17.8 Å². The van der Waals surface area contributed by atoms with Gasteiger partial charge in [-0.3, -0.25) is 9.69 Å². The van der Waals surface area contributed by atoms with Crippen molar-refractivity contribution in [1.29, 1.82) is 0 Å². The Kier molecular flexibility index (Phi) is 6.11. The van der Waals surface area contributed by atoms with Gasteiger partial charge in [0.1, 0.15) is 0 Å². The van der Waals surface area contributed by atoms with E-state index in [4.69, 9.17) is 33.7 Å². The number of nitrogens with one attached hydrogen (secondary N) is 1. The molecule has 1 saturated heterocycles. The van der Waals surface area contributed by atoms with E-state index in [1.807, 2.05) is 0 Å². The van der Waals surface area contributed by atoms with Gasteiger partial charge in [0.05, 0.1) is 28.9 Å². The average Bonchev–Trinajstić information content (AvgIpc) is 2.49. The Balaban J connectivity index is 1.76. The Labute approximate surface area is 134 Å². The molecule has 0 unspecified atom stereocenters. The van der Waals surface area contributed by atoms with Crippen LogP contribution in [0.25, 0.3) is 0 Å². The minimum atomic E-state index is -0.192. The molecule has 0 spiro atoms. The van der Waals surface area contributed by atoms with Crippen molar-refractivity contribution in [1.82, 2.24) is 10.2 Å². The summed E-state index contributed by atoms with van der Waals surface area (Å²) < 4.78 is 5.29. The summed E-state index contributed by atoms with van der Waals surface area (Å²) in [5, 5.41) is 3.42. The summed E-state index contributed by atoms with van der Waals surface area (Å²) in [7, 11) is 0. The lowest BCUT2D eigenvalue weighted by molar-refractivity contribution is 0.0374. The van der Waals surface area contributed by atoms with Gasteiger partial charge in [-0.25, -0.2) is 0 Å². The molecule has 0 aromatic heterocycles. The number of rotatable bonds is 5. The van der Waals surface area contributed by atoms with Crippen LogP contribution in [0.2, 0.25) is 10.0 Å². The van der Waals surface area contributed by atoms with Crippen molar-refractivity contribution < 1.29 is 9.53 Å². The van der Waals surface area contributed by atoms with E-state index >= 15 is 0 Å². The number of ether oxygens (including phenoxy) is 1. The van der Waals surface area contributed by atoms with Gasteiger partial charge in [-0.2, -0.15) is 0 Å². The van der Waals surface area contributed by atoms with Gasteiger partial charge in [0.25, 0.3) is 5.91 Å². The van der Waals surface area contributed by atoms with E-state index in [1.54, 1.807) is 0 Å². The number of nitrogens with zero attached hydrogens (tertiary/aromatic N) is 1. The zero-order valence-electron chi connectivity index (χ0n) is 11.7. The van der Waals surface area contributed by atoms with E-state index in [2.05, 4.69) is 10.2 Å². The van der Waals surface area contributed by atoms with Gasteiger partial charge in [0.15, 0.2) is 0 Å². The molecule has 1 heterocycles. The summed E-state index contributed by atoms with van der Waals surface area (Å²) in [5.74, 6) is -0.192. The first-order chi connectivity index (χ1) is 10.1. The van der Waals surface area contributed by atoms with Gasteiger partial charge < -0.3 is 15.8 Å². The van der Waals surface area contributed by atoms with E-state index in [-0.39, 0.29) is 16.0 Å². The van der Waals surface area contributed by atoms with Gasteiger partial charge in [-0.1, -0.05) is 23.2 Å². The molecule has 3 N–H and O–H groups in total. The molecule has 1 aliphatic rings. The van der Waals surface area contributed by atoms with Gasteiger partial charge in [-0.15, -0.1) is 0 Å². The van der Waals surface area contributed by atoms with Gasteiger partial charge >= 0.3 is 0 Å². The van der Waals surface area contributed by atoms with E-state index in [9.17, 15) is 4.79 Å². The first-order valence-corrected chi connectivity index (χ1v) is 7.66. The van der Waals surface area contributed by atoms with E-state index in [0.717, 1.165) is 39.3 Å². The Morgan fingerprint density at radius 1 is 1.33 bits per heavy atom. The number of benzene rings is 1. The highest BCUT2D eigenvalue weighted by atomic mass is 35.5. The van der Waals surface area contributed by atoms with E-state index < -0.39 is 0 Å². The number of carbonyl (C=O) groups is 1. The summed E-state index contributed by atoms with van der Waals surface area (Å²) in [6, 6.07) is 3.06. The second kappa shape index (κ2) is 7.84. The third-order valence-electron chi connectivity index (χ3n) is 3.36. The highest BCUT2D eigenvalue weighted by Gasteiger charge is 2.12. The van der Waals surface area contributed by atoms with Crippen LogP contribution in [-0.2, 0) is 4.74 Å². The van der Waals surface area contributed by atoms with Crippen LogP contribution >= 0.6 is 23.2 Å². The molecule has 116 valence electrons. The number of halogens is 2. The van der Waals surface area contributed by atoms with Crippen molar-refractivity contribution in [2.75, 3.05) is 45.1 Å². The largest absolute Gasteiger partial charge is 0.397 e. The molecule has 2 rings (SSSR count). The predicted octanol–water partition coefficient (Wildman–Crippen LogP) is 2.03. The van der Waals surface area contributed by atoms with Crippen LogP contribution in [-0.4, -0.2) is 50.2 Å². The van der Waals surface area contributed by atoms with Crippen LogP contribution in [0.1, 0.15) is 16.8 Å². The van der Waals surface area contributed by atoms with Gasteiger partial charge in [-0.05, 0) is 25.1 Å². The third kappa shape index (κ3) is 4.74. The monoisotopic (exact) mass is 331 g/mol. The number of nitrogen functional groups attached to an aromatic ring is 1. The number of anilines is 1.